The van der Waals surface area contributed by atoms with Crippen LogP contribution in [0.3, 0.4) is 0 Å². The summed E-state index contributed by atoms with van der Waals surface area (Å²) in [7, 11) is 1.47. The first-order valence-corrected chi connectivity index (χ1v) is 5.04. The van der Waals surface area contributed by atoms with Gasteiger partial charge in [-0.1, -0.05) is 50.2 Å². The summed E-state index contributed by atoms with van der Waals surface area (Å²) in [5.74, 6) is 0. The van der Waals surface area contributed by atoms with Crippen molar-refractivity contribution in [2.45, 2.75) is 20.0 Å². The number of halogens is 3. The molecule has 1 rings (SSSR count). The van der Waals surface area contributed by atoms with E-state index in [4.69, 9.17) is 0 Å². The van der Waals surface area contributed by atoms with Crippen LogP contribution in [0.15, 0.2) is 36.4 Å². The van der Waals surface area contributed by atoms with E-state index in [9.17, 15) is 13.2 Å². The van der Waals surface area contributed by atoms with Crippen LogP contribution in [-0.2, 0) is 42.2 Å². The van der Waals surface area contributed by atoms with Gasteiger partial charge in [0.2, 0.25) is 0 Å². The molecule has 0 atom stereocenters. The smallest absolute Gasteiger partial charge is 0.284 e. The molecular weight excluding hydrogens is 322 g/mol. The van der Waals surface area contributed by atoms with Crippen LogP contribution in [0.25, 0.3) is 0 Å². The van der Waals surface area contributed by atoms with E-state index in [2.05, 4.69) is 9.47 Å². The fraction of sp³-hybridized carbons (Fsp3) is 0.417. The second-order valence-corrected chi connectivity index (χ2v) is 2.35. The molecule has 0 spiro atoms. The van der Waals surface area contributed by atoms with Gasteiger partial charge in [-0.3, -0.25) is 0 Å². The van der Waals surface area contributed by atoms with Crippen LogP contribution in [0.5, 0.6) is 0 Å². The monoisotopic (exact) mass is 340 g/mol. The maximum absolute atomic E-state index is 11.8. The van der Waals surface area contributed by atoms with Crippen molar-refractivity contribution in [3.05, 3.63) is 42.8 Å². The second-order valence-electron chi connectivity index (χ2n) is 2.35. The topological polar surface area (TPSA) is 18.5 Å². The van der Waals surface area contributed by atoms with Gasteiger partial charge in [-0.15, -0.1) is 0 Å². The zero-order valence-corrected chi connectivity index (χ0v) is 13.8. The van der Waals surface area contributed by atoms with Crippen molar-refractivity contribution in [2.75, 3.05) is 14.2 Å². The number of ether oxygens (including phenoxy) is 2. The molecule has 0 aliphatic carbocycles. The molecule has 0 amide bonds. The Bertz CT molecular complexity index is 222. The molecule has 6 heteroatoms. The first-order valence-electron chi connectivity index (χ1n) is 5.04. The summed E-state index contributed by atoms with van der Waals surface area (Å²) >= 11 is 0. The van der Waals surface area contributed by atoms with Crippen molar-refractivity contribution in [1.82, 2.24) is 0 Å². The van der Waals surface area contributed by atoms with Crippen molar-refractivity contribution in [3.8, 4) is 0 Å². The average Bonchev–Trinajstić information content (AvgIpc) is 2.42. The SMILES string of the molecule is CC.CO[C-](F)C(F)(F)OC.[Y].c1ccccc1. The van der Waals surface area contributed by atoms with Crippen molar-refractivity contribution in [3.63, 3.8) is 0 Å². The number of alkyl halides is 2. The fourth-order valence-corrected chi connectivity index (χ4v) is 0.584. The molecule has 0 aliphatic rings. The van der Waals surface area contributed by atoms with Gasteiger partial charge in [-0.05, 0) is 0 Å². The number of hydrogen-bond donors (Lipinski definition) is 0. The Kier molecular flexibility index (Phi) is 19.4. The average molecular weight is 340 g/mol. The first kappa shape index (κ1) is 23.2. The molecular formula is C12H18F3O2Y-. The van der Waals surface area contributed by atoms with Gasteiger partial charge in [-0.2, -0.15) is 0 Å². The third-order valence-electron chi connectivity index (χ3n) is 1.33. The Balaban J connectivity index is -0.000000218. The van der Waals surface area contributed by atoms with Crippen LogP contribution >= 0.6 is 0 Å². The Morgan fingerprint density at radius 2 is 1.17 bits per heavy atom. The van der Waals surface area contributed by atoms with E-state index >= 15 is 0 Å². The van der Waals surface area contributed by atoms with E-state index in [0.29, 0.717) is 7.11 Å². The Hall–Kier alpha value is 0.0339. The quantitative estimate of drug-likeness (QED) is 0.773. The van der Waals surface area contributed by atoms with Crippen molar-refractivity contribution < 1.29 is 55.4 Å². The normalized spacial score (nSPS) is 9.33. The third-order valence-corrected chi connectivity index (χ3v) is 1.33. The van der Waals surface area contributed by atoms with Crippen molar-refractivity contribution >= 4 is 0 Å². The molecule has 0 N–H and O–H groups in total. The van der Waals surface area contributed by atoms with E-state index < -0.39 is 12.5 Å². The Labute approximate surface area is 132 Å². The fourth-order valence-electron chi connectivity index (χ4n) is 0.584. The van der Waals surface area contributed by atoms with Crippen LogP contribution in [-0.4, -0.2) is 20.3 Å². The molecule has 1 aromatic carbocycles. The third kappa shape index (κ3) is 12.5. The molecule has 0 saturated heterocycles. The summed E-state index contributed by atoms with van der Waals surface area (Å²) < 4.78 is 42.3. The van der Waals surface area contributed by atoms with Gasteiger partial charge in [0.25, 0.3) is 6.11 Å². The summed E-state index contributed by atoms with van der Waals surface area (Å²) in [6.07, 6.45) is -5.86. The standard InChI is InChI=1S/C6H6.C4H6F3O2.C2H6.Y/c1-2-4-6-5-3-1;1-8-3(5)4(6,7)9-2;1-2;/h1-6H;1-2H3;1-2H3;/q;-1;;. The molecule has 103 valence electrons. The van der Waals surface area contributed by atoms with Crippen LogP contribution < -0.4 is 0 Å². The van der Waals surface area contributed by atoms with Crippen LogP contribution in [0, 0.1) is 6.36 Å². The molecule has 0 unspecified atom stereocenters. The molecule has 2 nitrogen and oxygen atoms in total. The molecule has 0 fully saturated rings. The maximum atomic E-state index is 11.8. The summed E-state index contributed by atoms with van der Waals surface area (Å²) in [6.45, 7) is 4.00. The summed E-state index contributed by atoms with van der Waals surface area (Å²) in [6, 6.07) is 12.0. The molecule has 0 bridgehead atoms. The Morgan fingerprint density at radius 3 is 1.28 bits per heavy atom. The molecule has 0 aromatic heterocycles. The van der Waals surface area contributed by atoms with Gasteiger partial charge in [0, 0.05) is 46.9 Å². The summed E-state index contributed by atoms with van der Waals surface area (Å²) in [5, 5.41) is 0. The van der Waals surface area contributed by atoms with E-state index in [1.54, 1.807) is 0 Å². The predicted octanol–water partition coefficient (Wildman–Crippen LogP) is 4.04. The van der Waals surface area contributed by atoms with E-state index in [0.717, 1.165) is 7.11 Å². The molecule has 0 saturated carbocycles. The minimum Gasteiger partial charge on any atom is -0.512 e. The van der Waals surface area contributed by atoms with Gasteiger partial charge >= 0.3 is 0 Å². The van der Waals surface area contributed by atoms with Gasteiger partial charge in [0.05, 0.1) is 6.36 Å². The minimum absolute atomic E-state index is 0. The molecule has 0 heterocycles. The Morgan fingerprint density at radius 1 is 0.889 bits per heavy atom. The summed E-state index contributed by atoms with van der Waals surface area (Å²) in [4.78, 5) is 0. The summed E-state index contributed by atoms with van der Waals surface area (Å²) in [5.41, 5.74) is 0. The van der Waals surface area contributed by atoms with Crippen molar-refractivity contribution in [1.29, 1.82) is 0 Å². The zero-order valence-electron chi connectivity index (χ0n) is 11.0. The first-order chi connectivity index (χ1) is 8.04. The van der Waals surface area contributed by atoms with Gasteiger partial charge in [0.15, 0.2) is 0 Å². The van der Waals surface area contributed by atoms with Gasteiger partial charge in [0.1, 0.15) is 0 Å². The zero-order chi connectivity index (χ0) is 13.7. The van der Waals surface area contributed by atoms with Crippen LogP contribution in [0.1, 0.15) is 13.8 Å². The molecule has 1 radical (unpaired) electrons. The van der Waals surface area contributed by atoms with E-state index in [-0.39, 0.29) is 32.7 Å². The predicted molar refractivity (Wildman–Crippen MR) is 61.1 cm³/mol. The van der Waals surface area contributed by atoms with Gasteiger partial charge in [-0.25, -0.2) is 8.78 Å². The van der Waals surface area contributed by atoms with E-state index in [1.807, 2.05) is 50.2 Å². The van der Waals surface area contributed by atoms with E-state index in [1.165, 1.54) is 0 Å². The number of rotatable bonds is 3. The number of benzene rings is 1. The number of methoxy groups -OCH3 is 2. The van der Waals surface area contributed by atoms with Gasteiger partial charge < -0.3 is 13.9 Å². The molecule has 18 heavy (non-hydrogen) atoms. The van der Waals surface area contributed by atoms with Crippen LogP contribution in [0.4, 0.5) is 13.2 Å². The van der Waals surface area contributed by atoms with Crippen molar-refractivity contribution in [2.24, 2.45) is 0 Å². The minimum atomic E-state index is -3.92. The van der Waals surface area contributed by atoms with Crippen LogP contribution in [0.2, 0.25) is 0 Å². The molecule has 1 aromatic rings. The number of hydrogen-bond acceptors (Lipinski definition) is 2. The molecule has 0 aliphatic heterocycles. The second kappa shape index (κ2) is 15.1. The largest absolute Gasteiger partial charge is 0.512 e. The maximum Gasteiger partial charge on any atom is 0.284 e.